The Hall–Kier alpha value is -2.22. The molecule has 0 aliphatic carbocycles. The molecule has 0 spiro atoms. The number of rotatable bonds is 3. The lowest BCUT2D eigenvalue weighted by Crippen LogP contribution is -2.29. The highest BCUT2D eigenvalue weighted by Gasteiger charge is 2.41. The lowest BCUT2D eigenvalue weighted by Gasteiger charge is -2.18. The van der Waals surface area contributed by atoms with Crippen molar-refractivity contribution in [2.24, 2.45) is 7.05 Å². The Morgan fingerprint density at radius 3 is 2.48 bits per heavy atom. The number of aryl methyl sites for hydroxylation is 2. The summed E-state index contributed by atoms with van der Waals surface area (Å²) in [5, 5.41) is 3.01. The molecule has 2 heterocycles. The van der Waals surface area contributed by atoms with Crippen LogP contribution in [0.1, 0.15) is 12.1 Å². The molecule has 0 bridgehead atoms. The van der Waals surface area contributed by atoms with E-state index < -0.39 is 21.4 Å². The molecule has 0 radical (unpaired) electrons. The lowest BCUT2D eigenvalue weighted by atomic mass is 10.1. The van der Waals surface area contributed by atoms with Crippen molar-refractivity contribution < 1.29 is 17.1 Å². The Morgan fingerprint density at radius 2 is 1.91 bits per heavy atom. The van der Waals surface area contributed by atoms with Crippen LogP contribution < -0.4 is 4.90 Å². The maximum atomic E-state index is 13.3. The predicted octanol–water partition coefficient (Wildman–Crippen LogP) is 1.80. The largest absolute Gasteiger partial charge is 0.307 e. The third kappa shape index (κ3) is 2.74. The van der Waals surface area contributed by atoms with Gasteiger partial charge in [-0.05, 0) is 12.5 Å². The summed E-state index contributed by atoms with van der Waals surface area (Å²) in [5.74, 6) is 0.0706. The number of anilines is 1. The van der Waals surface area contributed by atoms with Crippen LogP contribution in [0.3, 0.4) is 0 Å². The van der Waals surface area contributed by atoms with Gasteiger partial charge in [0.25, 0.3) is 0 Å². The van der Waals surface area contributed by atoms with E-state index in [9.17, 15) is 17.1 Å². The minimum Gasteiger partial charge on any atom is -0.295 e. The average Bonchev–Trinajstić information content (AvgIpc) is 2.99. The van der Waals surface area contributed by atoms with Gasteiger partial charge >= 0.3 is 10.2 Å². The highest BCUT2D eigenvalue weighted by molar-refractivity contribution is 7.87. The van der Waals surface area contributed by atoms with Crippen LogP contribution in [0, 0.1) is 6.92 Å². The van der Waals surface area contributed by atoms with E-state index in [4.69, 9.17) is 0 Å². The van der Waals surface area contributed by atoms with Gasteiger partial charge in [0.15, 0.2) is 0 Å². The average molecular weight is 337 g/mol. The van der Waals surface area contributed by atoms with Gasteiger partial charge in [0, 0.05) is 25.6 Å². The molecule has 1 atom stereocenters. The zero-order valence-corrected chi connectivity index (χ0v) is 13.5. The van der Waals surface area contributed by atoms with E-state index in [1.54, 1.807) is 7.05 Å². The highest BCUT2D eigenvalue weighted by Crippen LogP contribution is 2.36. The second kappa shape index (κ2) is 5.45. The van der Waals surface area contributed by atoms with E-state index in [1.165, 1.54) is 9.58 Å². The Kier molecular flexibility index (Phi) is 3.71. The molecule has 122 valence electrons. The molecule has 1 aliphatic heterocycles. The summed E-state index contributed by atoms with van der Waals surface area (Å²) in [4.78, 5) is 13.5. The van der Waals surface area contributed by atoms with Gasteiger partial charge in [0.1, 0.15) is 11.1 Å². The topological polar surface area (TPSA) is 72.3 Å². The van der Waals surface area contributed by atoms with E-state index in [0.717, 1.165) is 11.1 Å². The van der Waals surface area contributed by atoms with Crippen LogP contribution in [0.4, 0.5) is 9.70 Å². The first-order valence-corrected chi connectivity index (χ1v) is 8.56. The van der Waals surface area contributed by atoms with Crippen LogP contribution in [0.2, 0.25) is 0 Å². The summed E-state index contributed by atoms with van der Waals surface area (Å²) in [6.45, 7) is 1.62. The minimum atomic E-state index is -4.75. The number of carbonyl (C=O) groups is 1. The van der Waals surface area contributed by atoms with E-state index >= 15 is 0 Å². The molecule has 1 aromatic heterocycles. The van der Waals surface area contributed by atoms with Gasteiger partial charge in [0.05, 0.1) is 5.69 Å². The normalized spacial score (nSPS) is 18.7. The molecule has 3 rings (SSSR count). The molecule has 1 saturated heterocycles. The fourth-order valence-corrected chi connectivity index (χ4v) is 3.64. The quantitative estimate of drug-likeness (QED) is 0.801. The summed E-state index contributed by atoms with van der Waals surface area (Å²) in [6, 6.07) is 9.38. The Bertz CT molecular complexity index is 862. The van der Waals surface area contributed by atoms with Crippen LogP contribution in [0.15, 0.2) is 30.3 Å². The zero-order valence-electron chi connectivity index (χ0n) is 12.7. The third-order valence-electron chi connectivity index (χ3n) is 4.00. The SMILES string of the molecule is Cc1nn(C)c(N2CC(S(=O)(=O)F)CC2=O)c1-c1ccccc1. The summed E-state index contributed by atoms with van der Waals surface area (Å²) < 4.78 is 37.1. The van der Waals surface area contributed by atoms with Crippen molar-refractivity contribution in [3.8, 4) is 11.1 Å². The number of hydrogen-bond donors (Lipinski definition) is 0. The monoisotopic (exact) mass is 337 g/mol. The van der Waals surface area contributed by atoms with Crippen LogP contribution in [-0.2, 0) is 22.1 Å². The molecule has 2 aromatic rings. The number of halogens is 1. The Balaban J connectivity index is 2.10. The van der Waals surface area contributed by atoms with Crippen molar-refractivity contribution in [3.63, 3.8) is 0 Å². The van der Waals surface area contributed by atoms with Crippen molar-refractivity contribution in [2.75, 3.05) is 11.4 Å². The smallest absolute Gasteiger partial charge is 0.295 e. The molecule has 1 unspecified atom stereocenters. The maximum absolute atomic E-state index is 13.3. The highest BCUT2D eigenvalue weighted by atomic mass is 32.3. The first-order chi connectivity index (χ1) is 10.8. The van der Waals surface area contributed by atoms with Crippen molar-refractivity contribution >= 4 is 21.9 Å². The molecule has 8 heteroatoms. The van der Waals surface area contributed by atoms with Crippen molar-refractivity contribution in [2.45, 2.75) is 18.6 Å². The lowest BCUT2D eigenvalue weighted by molar-refractivity contribution is -0.117. The standard InChI is InChI=1S/C15H16FN3O3S/c1-10-14(11-6-4-3-5-7-11)15(18(2)17-10)19-9-12(8-13(19)20)23(16,21)22/h3-7,12H,8-9H2,1-2H3. The van der Waals surface area contributed by atoms with Crippen molar-refractivity contribution in [1.82, 2.24) is 9.78 Å². The van der Waals surface area contributed by atoms with Gasteiger partial charge in [-0.1, -0.05) is 30.3 Å². The van der Waals surface area contributed by atoms with Crippen LogP contribution in [-0.4, -0.2) is 35.9 Å². The second-order valence-electron chi connectivity index (χ2n) is 5.58. The predicted molar refractivity (Wildman–Crippen MR) is 84.2 cm³/mol. The van der Waals surface area contributed by atoms with Crippen LogP contribution in [0.25, 0.3) is 11.1 Å². The molecule has 1 fully saturated rings. The number of carbonyl (C=O) groups excluding carboxylic acids is 1. The van der Waals surface area contributed by atoms with Crippen molar-refractivity contribution in [1.29, 1.82) is 0 Å². The van der Waals surface area contributed by atoms with Gasteiger partial charge in [-0.2, -0.15) is 13.5 Å². The fraction of sp³-hybridized carbons (Fsp3) is 0.333. The number of nitrogens with zero attached hydrogens (tertiary/aromatic N) is 3. The second-order valence-corrected chi connectivity index (χ2v) is 7.20. The molecular formula is C15H16FN3O3S. The molecule has 0 N–H and O–H groups in total. The fourth-order valence-electron chi connectivity index (χ4n) is 2.97. The van der Waals surface area contributed by atoms with E-state index in [0.29, 0.717) is 11.5 Å². The van der Waals surface area contributed by atoms with E-state index in [1.807, 2.05) is 37.3 Å². The number of amides is 1. The number of aromatic nitrogens is 2. The molecule has 23 heavy (non-hydrogen) atoms. The van der Waals surface area contributed by atoms with Gasteiger partial charge in [0.2, 0.25) is 5.91 Å². The minimum absolute atomic E-state index is 0.198. The first-order valence-electron chi connectivity index (χ1n) is 7.12. The first kappa shape index (κ1) is 15.7. The zero-order chi connectivity index (χ0) is 16.8. The summed E-state index contributed by atoms with van der Waals surface area (Å²) >= 11 is 0. The van der Waals surface area contributed by atoms with Gasteiger partial charge in [-0.25, -0.2) is 0 Å². The van der Waals surface area contributed by atoms with Crippen LogP contribution in [0.5, 0.6) is 0 Å². The number of hydrogen-bond acceptors (Lipinski definition) is 4. The molecule has 6 nitrogen and oxygen atoms in total. The van der Waals surface area contributed by atoms with Gasteiger partial charge < -0.3 is 0 Å². The summed E-state index contributed by atoms with van der Waals surface area (Å²) in [7, 11) is -3.07. The molecular weight excluding hydrogens is 321 g/mol. The van der Waals surface area contributed by atoms with Gasteiger partial charge in [-0.3, -0.25) is 14.4 Å². The van der Waals surface area contributed by atoms with Gasteiger partial charge in [-0.15, -0.1) is 3.89 Å². The molecule has 0 saturated carbocycles. The molecule has 1 aliphatic rings. The third-order valence-corrected chi connectivity index (χ3v) is 5.11. The molecule has 1 aromatic carbocycles. The van der Waals surface area contributed by atoms with E-state index in [-0.39, 0.29) is 13.0 Å². The van der Waals surface area contributed by atoms with E-state index in [2.05, 4.69) is 5.10 Å². The number of benzene rings is 1. The Labute approximate surface area is 133 Å². The maximum Gasteiger partial charge on any atom is 0.307 e. The molecule has 1 amide bonds. The van der Waals surface area contributed by atoms with Crippen molar-refractivity contribution in [3.05, 3.63) is 36.0 Å². The van der Waals surface area contributed by atoms with Crippen LogP contribution >= 0.6 is 0 Å². The summed E-state index contributed by atoms with van der Waals surface area (Å²) in [5.41, 5.74) is 2.33. The Morgan fingerprint density at radius 1 is 1.26 bits per heavy atom. The summed E-state index contributed by atoms with van der Waals surface area (Å²) in [6.07, 6.45) is -0.350.